The quantitative estimate of drug-likeness (QED) is 0.551. The lowest BCUT2D eigenvalue weighted by Crippen LogP contribution is -1.97. The summed E-state index contributed by atoms with van der Waals surface area (Å²) in [7, 11) is 0. The first-order valence-electron chi connectivity index (χ1n) is 7.99. The van der Waals surface area contributed by atoms with Gasteiger partial charge in [-0.3, -0.25) is 0 Å². The van der Waals surface area contributed by atoms with E-state index in [9.17, 15) is 9.65 Å². The van der Waals surface area contributed by atoms with Crippen molar-refractivity contribution in [3.63, 3.8) is 0 Å². The summed E-state index contributed by atoms with van der Waals surface area (Å²) in [5, 5.41) is 18.4. The maximum absolute atomic E-state index is 13.0. The molecule has 8 heteroatoms. The average molecular weight is 376 g/mol. The Balaban J connectivity index is 1.64. The van der Waals surface area contributed by atoms with Crippen molar-refractivity contribution < 1.29 is 4.39 Å². The molecule has 4 rings (SSSR count). The van der Waals surface area contributed by atoms with E-state index in [-0.39, 0.29) is 11.8 Å². The molecule has 0 saturated carbocycles. The van der Waals surface area contributed by atoms with E-state index in [1.54, 1.807) is 18.2 Å². The monoisotopic (exact) mass is 376 g/mol. The summed E-state index contributed by atoms with van der Waals surface area (Å²) in [6, 6.07) is 19.4. The number of halogens is 1. The van der Waals surface area contributed by atoms with Crippen molar-refractivity contribution in [2.75, 3.05) is 11.1 Å². The van der Waals surface area contributed by atoms with Gasteiger partial charge in [-0.2, -0.15) is 14.3 Å². The summed E-state index contributed by atoms with van der Waals surface area (Å²) in [5.41, 5.74) is 7.25. The van der Waals surface area contributed by atoms with E-state index in [0.717, 1.165) is 15.7 Å². The van der Waals surface area contributed by atoms with Gasteiger partial charge >= 0.3 is 0 Å². The highest BCUT2D eigenvalue weighted by molar-refractivity contribution is 7.98. The molecule has 0 unspecified atom stereocenters. The molecule has 1 heterocycles. The van der Waals surface area contributed by atoms with Crippen LogP contribution < -0.4 is 11.1 Å². The minimum atomic E-state index is -0.318. The third kappa shape index (κ3) is 3.41. The molecule has 0 aliphatic carbocycles. The SMILES string of the molecule is N#Cc1cccc2c(Sn3nc(Nc4ccc(F)cc4)nc3N)cccc12. The van der Waals surface area contributed by atoms with E-state index in [2.05, 4.69) is 21.5 Å². The molecule has 27 heavy (non-hydrogen) atoms. The Hall–Kier alpha value is -3.57. The number of rotatable bonds is 4. The van der Waals surface area contributed by atoms with Gasteiger partial charge in [-0.05, 0) is 41.8 Å². The molecule has 3 aromatic carbocycles. The van der Waals surface area contributed by atoms with Gasteiger partial charge in [-0.15, -0.1) is 5.10 Å². The summed E-state index contributed by atoms with van der Waals surface area (Å²) in [5.74, 6) is 0.212. The van der Waals surface area contributed by atoms with E-state index in [1.165, 1.54) is 28.2 Å². The van der Waals surface area contributed by atoms with Crippen LogP contribution in [0.4, 0.5) is 22.0 Å². The van der Waals surface area contributed by atoms with Crippen molar-refractivity contribution >= 4 is 40.3 Å². The Labute approximate surface area is 158 Å². The minimum Gasteiger partial charge on any atom is -0.367 e. The molecular formula is C19H13FN6S. The number of fused-ring (bicyclic) bond motifs is 1. The Bertz CT molecular complexity index is 1160. The highest BCUT2D eigenvalue weighted by Crippen LogP contribution is 2.31. The molecule has 0 radical (unpaired) electrons. The zero-order valence-corrected chi connectivity index (χ0v) is 14.7. The van der Waals surface area contributed by atoms with Crippen LogP contribution in [0.5, 0.6) is 0 Å². The third-order valence-corrected chi connectivity index (χ3v) is 4.88. The molecule has 6 nitrogen and oxygen atoms in total. The maximum atomic E-state index is 13.0. The van der Waals surface area contributed by atoms with E-state index >= 15 is 0 Å². The first-order chi connectivity index (χ1) is 13.1. The van der Waals surface area contributed by atoms with Gasteiger partial charge in [0.25, 0.3) is 0 Å². The number of nitrogens with zero attached hydrogens (tertiary/aromatic N) is 4. The van der Waals surface area contributed by atoms with Crippen LogP contribution >= 0.6 is 11.9 Å². The second kappa shape index (κ2) is 6.97. The minimum absolute atomic E-state index is 0.220. The number of hydrogen-bond donors (Lipinski definition) is 2. The summed E-state index contributed by atoms with van der Waals surface area (Å²) < 4.78 is 14.5. The zero-order valence-electron chi connectivity index (χ0n) is 13.9. The molecule has 0 aliphatic rings. The second-order valence-electron chi connectivity index (χ2n) is 5.66. The standard InChI is InChI=1S/C19H13FN6S/c20-13-7-9-14(10-8-13)23-19-24-18(22)26(25-19)27-17-6-2-4-15-12(11-21)3-1-5-16(15)17/h1-10H,(H3,22,23,24,25). The maximum Gasteiger partial charge on any atom is 0.249 e. The molecule has 0 spiro atoms. The number of nitrogens with two attached hydrogens (primary N) is 1. The lowest BCUT2D eigenvalue weighted by atomic mass is 10.1. The van der Waals surface area contributed by atoms with Crippen LogP contribution in [0, 0.1) is 17.1 Å². The fourth-order valence-corrected chi connectivity index (χ4v) is 3.50. The number of hydrogen-bond acceptors (Lipinski definition) is 6. The first-order valence-corrected chi connectivity index (χ1v) is 8.77. The van der Waals surface area contributed by atoms with Gasteiger partial charge in [-0.25, -0.2) is 4.39 Å². The molecule has 0 bridgehead atoms. The Morgan fingerprint density at radius 1 is 1.04 bits per heavy atom. The Morgan fingerprint density at radius 2 is 1.78 bits per heavy atom. The molecule has 0 aliphatic heterocycles. The number of anilines is 3. The van der Waals surface area contributed by atoms with Crippen molar-refractivity contribution in [1.82, 2.24) is 14.2 Å². The van der Waals surface area contributed by atoms with Crippen molar-refractivity contribution in [3.8, 4) is 6.07 Å². The van der Waals surface area contributed by atoms with Crippen LogP contribution in [0.1, 0.15) is 5.56 Å². The lowest BCUT2D eigenvalue weighted by Gasteiger charge is -2.07. The average Bonchev–Trinajstić information content (AvgIpc) is 3.02. The van der Waals surface area contributed by atoms with Crippen LogP contribution in [0.25, 0.3) is 10.8 Å². The van der Waals surface area contributed by atoms with Crippen LogP contribution in [-0.4, -0.2) is 14.2 Å². The van der Waals surface area contributed by atoms with E-state index in [1.807, 2.05) is 30.3 Å². The van der Waals surface area contributed by atoms with Crippen LogP contribution in [-0.2, 0) is 0 Å². The number of nitriles is 1. The largest absolute Gasteiger partial charge is 0.367 e. The van der Waals surface area contributed by atoms with Gasteiger partial charge in [0.1, 0.15) is 5.82 Å². The fraction of sp³-hybridized carbons (Fsp3) is 0. The van der Waals surface area contributed by atoms with E-state index in [0.29, 0.717) is 17.2 Å². The number of benzene rings is 3. The smallest absolute Gasteiger partial charge is 0.249 e. The molecule has 4 aromatic rings. The Kier molecular flexibility index (Phi) is 4.36. The fourth-order valence-electron chi connectivity index (χ4n) is 2.64. The summed E-state index contributed by atoms with van der Waals surface area (Å²) in [4.78, 5) is 5.09. The van der Waals surface area contributed by atoms with Crippen molar-refractivity contribution in [3.05, 3.63) is 72.0 Å². The zero-order chi connectivity index (χ0) is 18.8. The molecule has 1 aromatic heterocycles. The summed E-state index contributed by atoms with van der Waals surface area (Å²) in [6.07, 6.45) is 0. The van der Waals surface area contributed by atoms with Gasteiger partial charge in [0.05, 0.1) is 11.6 Å². The molecule has 132 valence electrons. The van der Waals surface area contributed by atoms with Crippen molar-refractivity contribution in [2.45, 2.75) is 4.90 Å². The Morgan fingerprint density at radius 3 is 2.56 bits per heavy atom. The molecule has 0 saturated heterocycles. The normalized spacial score (nSPS) is 10.7. The third-order valence-electron chi connectivity index (χ3n) is 3.89. The molecule has 0 amide bonds. The highest BCUT2D eigenvalue weighted by atomic mass is 32.2. The van der Waals surface area contributed by atoms with E-state index in [4.69, 9.17) is 5.73 Å². The number of nitrogen functional groups attached to an aromatic ring is 1. The summed E-state index contributed by atoms with van der Waals surface area (Å²) >= 11 is 1.31. The van der Waals surface area contributed by atoms with Gasteiger partial charge < -0.3 is 11.1 Å². The van der Waals surface area contributed by atoms with Gasteiger partial charge in [-0.1, -0.05) is 24.3 Å². The van der Waals surface area contributed by atoms with Gasteiger partial charge in [0.2, 0.25) is 11.9 Å². The lowest BCUT2D eigenvalue weighted by molar-refractivity contribution is 0.628. The van der Waals surface area contributed by atoms with Crippen LogP contribution in [0.3, 0.4) is 0 Å². The molecule has 0 atom stereocenters. The van der Waals surface area contributed by atoms with Crippen LogP contribution in [0.2, 0.25) is 0 Å². The molecule has 3 N–H and O–H groups in total. The molecule has 0 fully saturated rings. The second-order valence-corrected chi connectivity index (χ2v) is 6.63. The predicted octanol–water partition coefficient (Wildman–Crippen LogP) is 4.32. The van der Waals surface area contributed by atoms with Crippen molar-refractivity contribution in [1.29, 1.82) is 5.26 Å². The predicted molar refractivity (Wildman–Crippen MR) is 104 cm³/mol. The van der Waals surface area contributed by atoms with Gasteiger partial charge in [0, 0.05) is 27.9 Å². The van der Waals surface area contributed by atoms with E-state index < -0.39 is 0 Å². The number of aromatic nitrogens is 3. The topological polar surface area (TPSA) is 92.5 Å². The molecular weight excluding hydrogens is 363 g/mol. The highest BCUT2D eigenvalue weighted by Gasteiger charge is 2.12. The van der Waals surface area contributed by atoms with Gasteiger partial charge in [0.15, 0.2) is 0 Å². The van der Waals surface area contributed by atoms with Crippen molar-refractivity contribution in [2.24, 2.45) is 0 Å². The summed E-state index contributed by atoms with van der Waals surface area (Å²) in [6.45, 7) is 0. The first kappa shape index (κ1) is 16.9. The van der Waals surface area contributed by atoms with Crippen LogP contribution in [0.15, 0.2) is 65.6 Å². The number of nitrogens with one attached hydrogen (secondary N) is 1.